The first kappa shape index (κ1) is 13.9. The number of rotatable bonds is 5. The minimum Gasteiger partial charge on any atom is -0.497 e. The zero-order valence-electron chi connectivity index (χ0n) is 11.4. The summed E-state index contributed by atoms with van der Waals surface area (Å²) in [5, 5.41) is 3.01. The van der Waals surface area contributed by atoms with Gasteiger partial charge in [-0.15, -0.1) is 0 Å². The third-order valence-corrected chi connectivity index (χ3v) is 4.05. The van der Waals surface area contributed by atoms with Crippen LogP contribution in [0.3, 0.4) is 0 Å². The Morgan fingerprint density at radius 2 is 2.16 bits per heavy atom. The molecule has 1 fully saturated rings. The van der Waals surface area contributed by atoms with Gasteiger partial charge in [-0.25, -0.2) is 0 Å². The highest BCUT2D eigenvalue weighted by molar-refractivity contribution is 5.94. The Hall–Kier alpha value is -1.55. The van der Waals surface area contributed by atoms with E-state index in [-0.39, 0.29) is 11.3 Å². The maximum atomic E-state index is 12.1. The van der Waals surface area contributed by atoms with Crippen LogP contribution in [0.5, 0.6) is 5.75 Å². The van der Waals surface area contributed by atoms with E-state index in [1.807, 2.05) is 12.1 Å². The van der Waals surface area contributed by atoms with Crippen molar-refractivity contribution in [3.63, 3.8) is 0 Å². The normalized spacial score (nSPS) is 17.2. The van der Waals surface area contributed by atoms with Crippen LogP contribution in [-0.4, -0.2) is 26.1 Å². The molecule has 1 amide bonds. The van der Waals surface area contributed by atoms with Crippen molar-refractivity contribution < 1.29 is 9.53 Å². The van der Waals surface area contributed by atoms with Gasteiger partial charge in [-0.1, -0.05) is 18.9 Å². The van der Waals surface area contributed by atoms with Gasteiger partial charge in [-0.05, 0) is 43.0 Å². The molecule has 4 nitrogen and oxygen atoms in total. The van der Waals surface area contributed by atoms with Gasteiger partial charge in [0.1, 0.15) is 5.75 Å². The second-order valence-electron chi connectivity index (χ2n) is 5.33. The second-order valence-corrected chi connectivity index (χ2v) is 5.33. The summed E-state index contributed by atoms with van der Waals surface area (Å²) >= 11 is 0. The molecule has 0 aromatic heterocycles. The van der Waals surface area contributed by atoms with Crippen molar-refractivity contribution in [2.24, 2.45) is 11.1 Å². The second kappa shape index (κ2) is 6.06. The summed E-state index contributed by atoms with van der Waals surface area (Å²) in [6.45, 7) is 1.31. The number of nitrogens with two attached hydrogens (primary N) is 1. The molecule has 0 aliphatic heterocycles. The van der Waals surface area contributed by atoms with Crippen LogP contribution >= 0.6 is 0 Å². The van der Waals surface area contributed by atoms with Crippen molar-refractivity contribution in [2.45, 2.75) is 25.7 Å². The Kier molecular flexibility index (Phi) is 4.43. The predicted octanol–water partition coefficient (Wildman–Crippen LogP) is 1.94. The van der Waals surface area contributed by atoms with Gasteiger partial charge in [0.05, 0.1) is 7.11 Å². The lowest BCUT2D eigenvalue weighted by atomic mass is 9.86. The number of carbonyl (C=O) groups is 1. The molecule has 1 aliphatic carbocycles. The molecule has 3 N–H and O–H groups in total. The van der Waals surface area contributed by atoms with Gasteiger partial charge in [0.15, 0.2) is 0 Å². The number of amides is 1. The van der Waals surface area contributed by atoms with E-state index in [1.54, 1.807) is 19.2 Å². The fourth-order valence-corrected chi connectivity index (χ4v) is 2.71. The van der Waals surface area contributed by atoms with Crippen molar-refractivity contribution in [1.29, 1.82) is 0 Å². The zero-order chi connectivity index (χ0) is 13.7. The Bertz CT molecular complexity index is 440. The highest BCUT2D eigenvalue weighted by Gasteiger charge is 2.32. The van der Waals surface area contributed by atoms with Crippen molar-refractivity contribution in [1.82, 2.24) is 5.32 Å². The summed E-state index contributed by atoms with van der Waals surface area (Å²) < 4.78 is 5.12. The molecule has 19 heavy (non-hydrogen) atoms. The van der Waals surface area contributed by atoms with E-state index in [0.29, 0.717) is 24.4 Å². The van der Waals surface area contributed by atoms with E-state index in [9.17, 15) is 4.79 Å². The summed E-state index contributed by atoms with van der Waals surface area (Å²) in [5.74, 6) is 0.640. The maximum Gasteiger partial charge on any atom is 0.251 e. The number of benzene rings is 1. The Balaban J connectivity index is 1.97. The molecule has 0 spiro atoms. The molecular formula is C15H22N2O2. The molecule has 0 heterocycles. The first-order valence-corrected chi connectivity index (χ1v) is 6.81. The van der Waals surface area contributed by atoms with E-state index in [4.69, 9.17) is 10.5 Å². The largest absolute Gasteiger partial charge is 0.497 e. The minimum absolute atomic E-state index is 0.0568. The van der Waals surface area contributed by atoms with Crippen LogP contribution in [0.4, 0.5) is 0 Å². The van der Waals surface area contributed by atoms with Crippen LogP contribution in [0.2, 0.25) is 0 Å². The molecule has 0 bridgehead atoms. The highest BCUT2D eigenvalue weighted by atomic mass is 16.5. The molecular weight excluding hydrogens is 240 g/mol. The Morgan fingerprint density at radius 1 is 1.42 bits per heavy atom. The molecule has 2 rings (SSSR count). The number of carbonyl (C=O) groups excluding carboxylic acids is 1. The summed E-state index contributed by atoms with van der Waals surface area (Å²) in [5.41, 5.74) is 6.60. The van der Waals surface area contributed by atoms with E-state index >= 15 is 0 Å². The smallest absolute Gasteiger partial charge is 0.251 e. The quantitative estimate of drug-likeness (QED) is 0.852. The van der Waals surface area contributed by atoms with Crippen molar-refractivity contribution in [2.75, 3.05) is 20.2 Å². The minimum atomic E-state index is -0.0568. The lowest BCUT2D eigenvalue weighted by molar-refractivity contribution is 0.0932. The van der Waals surface area contributed by atoms with E-state index in [1.165, 1.54) is 12.8 Å². The van der Waals surface area contributed by atoms with Gasteiger partial charge in [-0.3, -0.25) is 4.79 Å². The van der Waals surface area contributed by atoms with Gasteiger partial charge < -0.3 is 15.8 Å². The molecule has 1 saturated carbocycles. The number of nitrogens with one attached hydrogen (secondary N) is 1. The zero-order valence-corrected chi connectivity index (χ0v) is 11.4. The third kappa shape index (κ3) is 3.26. The van der Waals surface area contributed by atoms with Crippen LogP contribution < -0.4 is 15.8 Å². The average Bonchev–Trinajstić information content (AvgIpc) is 2.94. The lowest BCUT2D eigenvalue weighted by Crippen LogP contribution is -2.40. The van der Waals surface area contributed by atoms with Crippen LogP contribution in [0.15, 0.2) is 24.3 Å². The molecule has 4 heteroatoms. The number of hydrogen-bond donors (Lipinski definition) is 2. The molecule has 0 unspecified atom stereocenters. The van der Waals surface area contributed by atoms with Gasteiger partial charge >= 0.3 is 0 Å². The SMILES string of the molecule is COc1cccc(C(=O)NCC2(CN)CCCC2)c1. The van der Waals surface area contributed by atoms with E-state index < -0.39 is 0 Å². The third-order valence-electron chi connectivity index (χ3n) is 4.05. The average molecular weight is 262 g/mol. The molecule has 1 aromatic carbocycles. The number of ether oxygens (including phenoxy) is 1. The Morgan fingerprint density at radius 3 is 2.79 bits per heavy atom. The van der Waals surface area contributed by atoms with Gasteiger partial charge in [-0.2, -0.15) is 0 Å². The monoisotopic (exact) mass is 262 g/mol. The summed E-state index contributed by atoms with van der Waals surface area (Å²) in [6, 6.07) is 7.19. The molecule has 0 radical (unpaired) electrons. The van der Waals surface area contributed by atoms with Gasteiger partial charge in [0.25, 0.3) is 5.91 Å². The summed E-state index contributed by atoms with van der Waals surface area (Å²) in [7, 11) is 1.60. The molecule has 0 atom stereocenters. The van der Waals surface area contributed by atoms with E-state index in [0.717, 1.165) is 12.8 Å². The molecule has 1 aliphatic rings. The Labute approximate surface area is 114 Å². The summed E-state index contributed by atoms with van der Waals surface area (Å²) in [6.07, 6.45) is 4.66. The molecule has 0 saturated heterocycles. The number of methoxy groups -OCH3 is 1. The van der Waals surface area contributed by atoms with Gasteiger partial charge in [0.2, 0.25) is 0 Å². The van der Waals surface area contributed by atoms with Crippen LogP contribution in [0.25, 0.3) is 0 Å². The molecule has 104 valence electrons. The first-order chi connectivity index (χ1) is 9.19. The van der Waals surface area contributed by atoms with Crippen molar-refractivity contribution in [3.8, 4) is 5.75 Å². The predicted molar refractivity (Wildman–Crippen MR) is 75.3 cm³/mol. The summed E-state index contributed by atoms with van der Waals surface area (Å²) in [4.78, 5) is 12.1. The van der Waals surface area contributed by atoms with E-state index in [2.05, 4.69) is 5.32 Å². The highest BCUT2D eigenvalue weighted by Crippen LogP contribution is 2.36. The van der Waals surface area contributed by atoms with Crippen LogP contribution in [-0.2, 0) is 0 Å². The van der Waals surface area contributed by atoms with Crippen LogP contribution in [0, 0.1) is 5.41 Å². The fraction of sp³-hybridized carbons (Fsp3) is 0.533. The first-order valence-electron chi connectivity index (χ1n) is 6.81. The van der Waals surface area contributed by atoms with Crippen molar-refractivity contribution in [3.05, 3.63) is 29.8 Å². The lowest BCUT2D eigenvalue weighted by Gasteiger charge is -2.27. The van der Waals surface area contributed by atoms with Gasteiger partial charge in [0, 0.05) is 12.1 Å². The van der Waals surface area contributed by atoms with Crippen molar-refractivity contribution >= 4 is 5.91 Å². The van der Waals surface area contributed by atoms with Crippen LogP contribution in [0.1, 0.15) is 36.0 Å². The molecule has 1 aromatic rings. The maximum absolute atomic E-state index is 12.1. The number of hydrogen-bond acceptors (Lipinski definition) is 3. The fourth-order valence-electron chi connectivity index (χ4n) is 2.71. The standard InChI is InChI=1S/C15H22N2O2/c1-19-13-6-4-5-12(9-13)14(18)17-11-15(10-16)7-2-3-8-15/h4-6,9H,2-3,7-8,10-11,16H2,1H3,(H,17,18). The topological polar surface area (TPSA) is 64.3 Å².